The Bertz CT molecular complexity index is 1330. The average Bonchev–Trinajstić information content (AvgIpc) is 2.87. The van der Waals surface area contributed by atoms with E-state index in [1.54, 1.807) is 67.6 Å². The summed E-state index contributed by atoms with van der Waals surface area (Å²) in [5.41, 5.74) is 3.93. The van der Waals surface area contributed by atoms with Gasteiger partial charge < -0.3 is 14.8 Å². The number of nitrogens with one attached hydrogen (secondary N) is 2. The van der Waals surface area contributed by atoms with E-state index in [2.05, 4.69) is 15.8 Å². The molecule has 0 aliphatic heterocycles. The number of ether oxygens (including phenoxy) is 2. The van der Waals surface area contributed by atoms with Crippen LogP contribution in [0.5, 0.6) is 11.5 Å². The van der Waals surface area contributed by atoms with Crippen molar-refractivity contribution in [2.45, 2.75) is 6.92 Å². The minimum atomic E-state index is -3.77. The molecular formula is C26H28N4O6S. The number of hydrogen-bond donors (Lipinski definition) is 2. The van der Waals surface area contributed by atoms with Crippen molar-refractivity contribution < 1.29 is 27.5 Å². The van der Waals surface area contributed by atoms with Crippen LogP contribution in [0, 0.1) is 0 Å². The zero-order valence-electron chi connectivity index (χ0n) is 20.5. The fraction of sp³-hybridized carbons (Fsp3) is 0.192. The van der Waals surface area contributed by atoms with Gasteiger partial charge in [0, 0.05) is 5.69 Å². The molecule has 0 atom stereocenters. The van der Waals surface area contributed by atoms with Gasteiger partial charge in [-0.25, -0.2) is 13.8 Å². The van der Waals surface area contributed by atoms with Gasteiger partial charge in [0.05, 0.1) is 24.8 Å². The van der Waals surface area contributed by atoms with Gasteiger partial charge in [-0.1, -0.05) is 30.3 Å². The number of rotatable bonds is 12. The van der Waals surface area contributed by atoms with Gasteiger partial charge in [-0.05, 0) is 61.0 Å². The maximum absolute atomic E-state index is 12.4. The largest absolute Gasteiger partial charge is 0.492 e. The first-order chi connectivity index (χ1) is 17.8. The number of amides is 2. The van der Waals surface area contributed by atoms with Crippen molar-refractivity contribution in [3.8, 4) is 11.5 Å². The van der Waals surface area contributed by atoms with E-state index in [1.165, 1.54) is 6.21 Å². The van der Waals surface area contributed by atoms with Crippen LogP contribution in [-0.2, 0) is 19.6 Å². The van der Waals surface area contributed by atoms with E-state index in [1.807, 2.05) is 18.2 Å². The number of sulfonamides is 1. The molecule has 3 aromatic rings. The smallest absolute Gasteiger partial charge is 0.262 e. The Labute approximate surface area is 216 Å². The summed E-state index contributed by atoms with van der Waals surface area (Å²) >= 11 is 0. The number of carbonyl (C=O) groups excluding carboxylic acids is 2. The number of hydrogen-bond acceptors (Lipinski definition) is 7. The Morgan fingerprint density at radius 2 is 1.59 bits per heavy atom. The predicted octanol–water partition coefficient (Wildman–Crippen LogP) is 3.02. The van der Waals surface area contributed by atoms with Crippen molar-refractivity contribution in [1.82, 2.24) is 5.43 Å². The number of anilines is 2. The normalized spacial score (nSPS) is 11.1. The van der Waals surface area contributed by atoms with Crippen LogP contribution in [0.2, 0.25) is 0 Å². The zero-order chi connectivity index (χ0) is 26.7. The second-order valence-corrected chi connectivity index (χ2v) is 9.64. The monoisotopic (exact) mass is 524 g/mol. The van der Waals surface area contributed by atoms with E-state index in [0.29, 0.717) is 29.4 Å². The highest BCUT2D eigenvalue weighted by Crippen LogP contribution is 2.29. The number of benzene rings is 3. The Morgan fingerprint density at radius 1 is 0.919 bits per heavy atom. The molecule has 2 amide bonds. The van der Waals surface area contributed by atoms with E-state index >= 15 is 0 Å². The molecule has 0 saturated carbocycles. The van der Waals surface area contributed by atoms with Gasteiger partial charge in [0.2, 0.25) is 10.0 Å². The molecule has 0 saturated heterocycles. The number of hydrazone groups is 1. The minimum Gasteiger partial charge on any atom is -0.492 e. The Hall–Kier alpha value is -4.38. The number of nitrogens with zero attached hydrogens (tertiary/aromatic N) is 2. The maximum atomic E-state index is 12.4. The van der Waals surface area contributed by atoms with E-state index < -0.39 is 22.5 Å². The fourth-order valence-electron chi connectivity index (χ4n) is 3.18. The van der Waals surface area contributed by atoms with Crippen molar-refractivity contribution in [3.63, 3.8) is 0 Å². The summed E-state index contributed by atoms with van der Waals surface area (Å²) in [6, 6.07) is 22.4. The van der Waals surface area contributed by atoms with Crippen LogP contribution in [0.25, 0.3) is 0 Å². The summed E-state index contributed by atoms with van der Waals surface area (Å²) in [7, 11) is -3.77. The topological polar surface area (TPSA) is 126 Å². The second kappa shape index (κ2) is 13.1. The standard InChI is InChI=1S/C26H28N4O6S/c1-3-35-24-12-8-7-11-23(24)30(37(2,33)34)18-25(31)29-27-17-20-13-15-22(16-14-20)36-19-26(32)28-21-9-5-4-6-10-21/h4-17H,3,18-19H2,1-2H3,(H,28,32)(H,29,31)/b27-17-. The maximum Gasteiger partial charge on any atom is 0.262 e. The Balaban J connectivity index is 1.53. The van der Waals surface area contributed by atoms with Crippen LogP contribution in [0.1, 0.15) is 12.5 Å². The first-order valence-corrected chi connectivity index (χ1v) is 13.2. The molecule has 0 spiro atoms. The van der Waals surface area contributed by atoms with Crippen molar-refractivity contribution in [1.29, 1.82) is 0 Å². The van der Waals surface area contributed by atoms with Crippen LogP contribution in [0.15, 0.2) is 84.0 Å². The van der Waals surface area contributed by atoms with Crippen molar-refractivity contribution in [2.75, 3.05) is 35.6 Å². The molecule has 0 unspecified atom stereocenters. The molecule has 2 N–H and O–H groups in total. The van der Waals surface area contributed by atoms with Crippen LogP contribution in [-0.4, -0.2) is 52.5 Å². The SMILES string of the molecule is CCOc1ccccc1N(CC(=O)N/N=C\c1ccc(OCC(=O)Nc2ccccc2)cc1)S(C)(=O)=O. The molecule has 0 aromatic heterocycles. The molecule has 10 nitrogen and oxygen atoms in total. The van der Waals surface area contributed by atoms with Crippen molar-refractivity contribution in [2.24, 2.45) is 5.10 Å². The molecule has 3 rings (SSSR count). The summed E-state index contributed by atoms with van der Waals surface area (Å²) in [5, 5.41) is 6.63. The zero-order valence-corrected chi connectivity index (χ0v) is 21.3. The number of carbonyl (C=O) groups is 2. The van der Waals surface area contributed by atoms with Gasteiger partial charge in [-0.2, -0.15) is 5.10 Å². The summed E-state index contributed by atoms with van der Waals surface area (Å²) in [4.78, 5) is 24.4. The van der Waals surface area contributed by atoms with Crippen molar-refractivity contribution in [3.05, 3.63) is 84.4 Å². The lowest BCUT2D eigenvalue weighted by molar-refractivity contribution is -0.119. The van der Waals surface area contributed by atoms with Crippen molar-refractivity contribution >= 4 is 39.4 Å². The molecule has 0 heterocycles. The predicted molar refractivity (Wildman–Crippen MR) is 143 cm³/mol. The molecular weight excluding hydrogens is 496 g/mol. The first-order valence-electron chi connectivity index (χ1n) is 11.4. The van der Waals surface area contributed by atoms with Gasteiger partial charge >= 0.3 is 0 Å². The third-order valence-electron chi connectivity index (χ3n) is 4.83. The lowest BCUT2D eigenvalue weighted by Crippen LogP contribution is -2.39. The number of para-hydroxylation sites is 3. The summed E-state index contributed by atoms with van der Waals surface area (Å²) < 4.78 is 36.7. The molecule has 11 heteroatoms. The van der Waals surface area contributed by atoms with E-state index in [-0.39, 0.29) is 18.2 Å². The molecule has 0 bridgehead atoms. The fourth-order valence-corrected chi connectivity index (χ4v) is 4.04. The second-order valence-electron chi connectivity index (χ2n) is 7.74. The van der Waals surface area contributed by atoms with Crippen LogP contribution in [0.4, 0.5) is 11.4 Å². The minimum absolute atomic E-state index is 0.151. The molecule has 0 fully saturated rings. The van der Waals surface area contributed by atoms with E-state index in [9.17, 15) is 18.0 Å². The lowest BCUT2D eigenvalue weighted by atomic mass is 10.2. The quantitative estimate of drug-likeness (QED) is 0.277. The third-order valence-corrected chi connectivity index (χ3v) is 5.96. The molecule has 0 aliphatic carbocycles. The van der Waals surface area contributed by atoms with Gasteiger partial charge in [-0.3, -0.25) is 13.9 Å². The first kappa shape index (κ1) is 27.2. The van der Waals surface area contributed by atoms with Gasteiger partial charge in [0.15, 0.2) is 6.61 Å². The molecule has 37 heavy (non-hydrogen) atoms. The van der Waals surface area contributed by atoms with Gasteiger partial charge in [0.25, 0.3) is 11.8 Å². The molecule has 194 valence electrons. The highest BCUT2D eigenvalue weighted by Gasteiger charge is 2.23. The van der Waals surface area contributed by atoms with Crippen LogP contribution >= 0.6 is 0 Å². The third kappa shape index (κ3) is 8.65. The van der Waals surface area contributed by atoms with Gasteiger partial charge in [-0.15, -0.1) is 0 Å². The highest BCUT2D eigenvalue weighted by atomic mass is 32.2. The van der Waals surface area contributed by atoms with Gasteiger partial charge in [0.1, 0.15) is 18.0 Å². The molecule has 0 radical (unpaired) electrons. The lowest BCUT2D eigenvalue weighted by Gasteiger charge is -2.23. The van der Waals surface area contributed by atoms with Crippen LogP contribution in [0.3, 0.4) is 0 Å². The Morgan fingerprint density at radius 3 is 2.27 bits per heavy atom. The highest BCUT2D eigenvalue weighted by molar-refractivity contribution is 7.92. The summed E-state index contributed by atoms with van der Waals surface area (Å²) in [6.07, 6.45) is 2.42. The summed E-state index contributed by atoms with van der Waals surface area (Å²) in [5.74, 6) is -0.0725. The Kier molecular flexibility index (Phi) is 9.61. The van der Waals surface area contributed by atoms with E-state index in [0.717, 1.165) is 10.6 Å². The van der Waals surface area contributed by atoms with E-state index in [4.69, 9.17) is 9.47 Å². The summed E-state index contributed by atoms with van der Waals surface area (Å²) in [6.45, 7) is 1.50. The van der Waals surface area contributed by atoms with Crippen LogP contribution < -0.4 is 24.5 Å². The molecule has 0 aliphatic rings. The average molecular weight is 525 g/mol. The molecule has 3 aromatic carbocycles.